The first kappa shape index (κ1) is 16.2. The standard InChI is InChI=1S/C15H19N3O3S/c1-4-12-9-14(18(2)17-12)15(19)16-13-7-5-11(6-8-13)10-22(3,20)21/h5-9H,4,10H2,1-3H3,(H,16,19). The lowest BCUT2D eigenvalue weighted by molar-refractivity contribution is 0.101. The van der Waals surface area contributed by atoms with E-state index in [1.807, 2.05) is 6.92 Å². The van der Waals surface area contributed by atoms with Crippen LogP contribution in [-0.4, -0.2) is 30.4 Å². The summed E-state index contributed by atoms with van der Waals surface area (Å²) in [5, 5.41) is 7.01. The highest BCUT2D eigenvalue weighted by Crippen LogP contribution is 2.13. The van der Waals surface area contributed by atoms with Crippen LogP contribution in [-0.2, 0) is 29.1 Å². The van der Waals surface area contributed by atoms with Gasteiger partial charge >= 0.3 is 0 Å². The molecule has 1 N–H and O–H groups in total. The zero-order valence-corrected chi connectivity index (χ0v) is 13.6. The van der Waals surface area contributed by atoms with Gasteiger partial charge in [0.15, 0.2) is 9.84 Å². The predicted molar refractivity (Wildman–Crippen MR) is 85.5 cm³/mol. The Kier molecular flexibility index (Phi) is 4.65. The van der Waals surface area contributed by atoms with Gasteiger partial charge in [-0.25, -0.2) is 8.42 Å². The largest absolute Gasteiger partial charge is 0.321 e. The van der Waals surface area contributed by atoms with Crippen LogP contribution in [0.5, 0.6) is 0 Å². The van der Waals surface area contributed by atoms with E-state index in [0.717, 1.165) is 12.1 Å². The second-order valence-electron chi connectivity index (χ2n) is 5.22. The molecule has 0 aliphatic heterocycles. The normalized spacial score (nSPS) is 11.4. The first-order valence-corrected chi connectivity index (χ1v) is 8.95. The lowest BCUT2D eigenvalue weighted by atomic mass is 10.2. The van der Waals surface area contributed by atoms with Crippen LogP contribution in [0.1, 0.15) is 28.7 Å². The second kappa shape index (κ2) is 6.31. The van der Waals surface area contributed by atoms with Crippen LogP contribution in [0, 0.1) is 0 Å². The SMILES string of the molecule is CCc1cc(C(=O)Nc2ccc(CS(C)(=O)=O)cc2)n(C)n1. The Hall–Kier alpha value is -2.15. The molecule has 0 radical (unpaired) electrons. The van der Waals surface area contributed by atoms with Crippen molar-refractivity contribution >= 4 is 21.4 Å². The van der Waals surface area contributed by atoms with E-state index in [4.69, 9.17) is 0 Å². The van der Waals surface area contributed by atoms with E-state index >= 15 is 0 Å². The first-order chi connectivity index (χ1) is 10.3. The van der Waals surface area contributed by atoms with E-state index in [1.165, 1.54) is 6.26 Å². The highest BCUT2D eigenvalue weighted by Gasteiger charge is 2.13. The number of nitrogens with zero attached hydrogens (tertiary/aromatic N) is 2. The van der Waals surface area contributed by atoms with Crippen LogP contribution in [0.15, 0.2) is 30.3 Å². The molecule has 0 saturated carbocycles. The minimum Gasteiger partial charge on any atom is -0.321 e. The van der Waals surface area contributed by atoms with Gasteiger partial charge in [0.25, 0.3) is 5.91 Å². The third kappa shape index (κ3) is 4.17. The summed E-state index contributed by atoms with van der Waals surface area (Å²) >= 11 is 0. The average Bonchev–Trinajstić information content (AvgIpc) is 2.81. The molecule has 118 valence electrons. The summed E-state index contributed by atoms with van der Waals surface area (Å²) in [5.41, 5.74) is 2.64. The number of sulfone groups is 1. The van der Waals surface area contributed by atoms with Crippen molar-refractivity contribution in [2.24, 2.45) is 7.05 Å². The van der Waals surface area contributed by atoms with Crippen LogP contribution >= 0.6 is 0 Å². The van der Waals surface area contributed by atoms with Crippen LogP contribution in [0.25, 0.3) is 0 Å². The number of aromatic nitrogens is 2. The zero-order valence-electron chi connectivity index (χ0n) is 12.8. The van der Waals surface area contributed by atoms with Crippen molar-refractivity contribution in [2.75, 3.05) is 11.6 Å². The highest BCUT2D eigenvalue weighted by atomic mass is 32.2. The van der Waals surface area contributed by atoms with Gasteiger partial charge in [-0.3, -0.25) is 9.48 Å². The maximum atomic E-state index is 12.2. The molecule has 0 unspecified atom stereocenters. The summed E-state index contributed by atoms with van der Waals surface area (Å²) in [7, 11) is -1.34. The number of hydrogen-bond acceptors (Lipinski definition) is 4. The number of benzene rings is 1. The zero-order chi connectivity index (χ0) is 16.3. The van der Waals surface area contributed by atoms with Gasteiger partial charge in [0.1, 0.15) is 5.69 Å². The molecule has 0 bridgehead atoms. The third-order valence-corrected chi connectivity index (χ3v) is 4.02. The molecule has 0 aliphatic carbocycles. The van der Waals surface area contributed by atoms with Crippen molar-refractivity contribution in [3.63, 3.8) is 0 Å². The third-order valence-electron chi connectivity index (χ3n) is 3.17. The Balaban J connectivity index is 2.10. The minimum atomic E-state index is -3.06. The molecule has 7 heteroatoms. The van der Waals surface area contributed by atoms with Gasteiger partial charge in [0.05, 0.1) is 11.4 Å². The fourth-order valence-electron chi connectivity index (χ4n) is 2.09. The van der Waals surface area contributed by atoms with Gasteiger partial charge < -0.3 is 5.32 Å². The van der Waals surface area contributed by atoms with Crippen molar-refractivity contribution < 1.29 is 13.2 Å². The molecule has 1 aromatic heterocycles. The van der Waals surface area contributed by atoms with Crippen molar-refractivity contribution in [1.29, 1.82) is 0 Å². The fraction of sp³-hybridized carbons (Fsp3) is 0.333. The van der Waals surface area contributed by atoms with E-state index in [0.29, 0.717) is 16.9 Å². The van der Waals surface area contributed by atoms with Crippen molar-refractivity contribution in [1.82, 2.24) is 9.78 Å². The summed E-state index contributed by atoms with van der Waals surface area (Å²) < 4.78 is 24.0. The quantitative estimate of drug-likeness (QED) is 0.910. The van der Waals surface area contributed by atoms with Crippen LogP contribution in [0.3, 0.4) is 0 Å². The Labute approximate surface area is 130 Å². The van der Waals surface area contributed by atoms with Gasteiger partial charge in [0.2, 0.25) is 0 Å². The summed E-state index contributed by atoms with van der Waals surface area (Å²) in [5.74, 6) is -0.256. The van der Waals surface area contributed by atoms with Gasteiger partial charge in [-0.2, -0.15) is 5.10 Å². The molecule has 2 rings (SSSR count). The molecule has 22 heavy (non-hydrogen) atoms. The summed E-state index contributed by atoms with van der Waals surface area (Å²) in [6.07, 6.45) is 1.96. The molecule has 0 fully saturated rings. The molecule has 1 heterocycles. The van der Waals surface area contributed by atoms with E-state index < -0.39 is 9.84 Å². The molecule has 2 aromatic rings. The van der Waals surface area contributed by atoms with Crippen LogP contribution < -0.4 is 5.32 Å². The van der Waals surface area contributed by atoms with Crippen molar-refractivity contribution in [2.45, 2.75) is 19.1 Å². The van der Waals surface area contributed by atoms with Crippen LogP contribution in [0.2, 0.25) is 0 Å². The maximum absolute atomic E-state index is 12.2. The second-order valence-corrected chi connectivity index (χ2v) is 7.36. The highest BCUT2D eigenvalue weighted by molar-refractivity contribution is 7.89. The Bertz CT molecular complexity index is 777. The Morgan fingerprint density at radius 2 is 1.91 bits per heavy atom. The summed E-state index contributed by atoms with van der Waals surface area (Å²) in [4.78, 5) is 12.2. The first-order valence-electron chi connectivity index (χ1n) is 6.89. The molecule has 0 saturated heterocycles. The van der Waals surface area contributed by atoms with E-state index in [2.05, 4.69) is 10.4 Å². The Morgan fingerprint density at radius 3 is 2.41 bits per heavy atom. The summed E-state index contributed by atoms with van der Waals surface area (Å²) in [6, 6.07) is 8.52. The maximum Gasteiger partial charge on any atom is 0.273 e. The number of anilines is 1. The predicted octanol–water partition coefficient (Wildman–Crippen LogP) is 1.78. The fourth-order valence-corrected chi connectivity index (χ4v) is 2.89. The monoisotopic (exact) mass is 321 g/mol. The topological polar surface area (TPSA) is 81.1 Å². The molecular weight excluding hydrogens is 302 g/mol. The minimum absolute atomic E-state index is 0.0111. The molecule has 0 spiro atoms. The number of rotatable bonds is 5. The van der Waals surface area contributed by atoms with E-state index in [1.54, 1.807) is 42.1 Å². The molecule has 1 amide bonds. The summed E-state index contributed by atoms with van der Waals surface area (Å²) in [6.45, 7) is 1.98. The van der Waals surface area contributed by atoms with Crippen molar-refractivity contribution in [3.05, 3.63) is 47.3 Å². The molecule has 0 atom stereocenters. The molecule has 6 nitrogen and oxygen atoms in total. The lowest BCUT2D eigenvalue weighted by Crippen LogP contribution is -2.16. The number of hydrogen-bond donors (Lipinski definition) is 1. The smallest absolute Gasteiger partial charge is 0.273 e. The van der Waals surface area contributed by atoms with Crippen LogP contribution in [0.4, 0.5) is 5.69 Å². The van der Waals surface area contributed by atoms with Crippen molar-refractivity contribution in [3.8, 4) is 0 Å². The van der Waals surface area contributed by atoms with Gasteiger partial charge in [0, 0.05) is 19.0 Å². The van der Waals surface area contributed by atoms with E-state index in [9.17, 15) is 13.2 Å². The molecular formula is C15H19N3O3S. The number of carbonyl (C=O) groups is 1. The molecule has 1 aromatic carbocycles. The number of carbonyl (C=O) groups excluding carboxylic acids is 1. The number of aryl methyl sites for hydroxylation is 2. The number of amides is 1. The Morgan fingerprint density at radius 1 is 1.27 bits per heavy atom. The average molecular weight is 321 g/mol. The van der Waals surface area contributed by atoms with Gasteiger partial charge in [-0.05, 0) is 30.2 Å². The lowest BCUT2D eigenvalue weighted by Gasteiger charge is -2.06. The van der Waals surface area contributed by atoms with Gasteiger partial charge in [-0.1, -0.05) is 19.1 Å². The van der Waals surface area contributed by atoms with Gasteiger partial charge in [-0.15, -0.1) is 0 Å². The van der Waals surface area contributed by atoms with E-state index in [-0.39, 0.29) is 11.7 Å². The number of nitrogens with one attached hydrogen (secondary N) is 1. The molecule has 0 aliphatic rings.